The normalized spacial score (nSPS) is 38.5. The van der Waals surface area contributed by atoms with Gasteiger partial charge in [-0.1, -0.05) is 60.3 Å². The number of rotatable bonds is 15. The molecule has 4 aliphatic carbocycles. The molecule has 0 aliphatic heterocycles. The molecule has 1 heterocycles. The van der Waals surface area contributed by atoms with Crippen LogP contribution in [-0.4, -0.2) is 57.9 Å². The summed E-state index contributed by atoms with van der Waals surface area (Å²) in [4.78, 5) is 20.5. The van der Waals surface area contributed by atoms with Gasteiger partial charge in [-0.05, 0) is 105 Å². The maximum absolute atomic E-state index is 13.0. The third-order valence-corrected chi connectivity index (χ3v) is 13.9. The smallest absolute Gasteiger partial charge is 0.323 e. The van der Waals surface area contributed by atoms with Crippen LogP contribution in [0.5, 0.6) is 0 Å². The molecule has 4 saturated carbocycles. The summed E-state index contributed by atoms with van der Waals surface area (Å²) in [5.41, 5.74) is 12.2. The first-order valence-corrected chi connectivity index (χ1v) is 19.0. The number of carbonyl (C=O) groups excluding carboxylic acids is 1. The highest BCUT2D eigenvalue weighted by Crippen LogP contribution is 2.69. The van der Waals surface area contributed by atoms with Gasteiger partial charge in [0, 0.05) is 42.7 Å². The van der Waals surface area contributed by atoms with E-state index in [1.165, 1.54) is 44.9 Å². The van der Waals surface area contributed by atoms with Crippen molar-refractivity contribution in [1.29, 1.82) is 0 Å². The molecular weight excluding hydrogens is 574 g/mol. The molecule has 5 rings (SSSR count). The number of nitrogens with two attached hydrogens (primary N) is 2. The molecule has 0 unspecified atom stereocenters. The minimum absolute atomic E-state index is 0.0498. The second kappa shape index (κ2) is 15.0. The number of hydrogen-bond donors (Lipinski definition) is 5. The average molecular weight is 642 g/mol. The van der Waals surface area contributed by atoms with E-state index in [1.54, 1.807) is 6.33 Å². The van der Waals surface area contributed by atoms with Gasteiger partial charge >= 0.3 is 5.97 Å². The Kier molecular flexibility index (Phi) is 11.6. The van der Waals surface area contributed by atoms with Crippen molar-refractivity contribution in [2.75, 3.05) is 13.1 Å². The summed E-state index contributed by atoms with van der Waals surface area (Å²) in [6.07, 6.45) is 18.7. The monoisotopic (exact) mass is 642 g/mol. The van der Waals surface area contributed by atoms with E-state index in [4.69, 9.17) is 16.2 Å². The molecule has 1 aromatic heterocycles. The number of unbranched alkanes of at least 4 members (excludes halogenated alkanes) is 1. The topological polar surface area (TPSA) is 139 Å². The summed E-state index contributed by atoms with van der Waals surface area (Å²) in [7, 11) is 0. The van der Waals surface area contributed by atoms with Crippen molar-refractivity contribution < 1.29 is 14.6 Å². The number of carbonyl (C=O) groups is 1. The predicted octanol–water partition coefficient (Wildman–Crippen LogP) is 6.12. The maximum Gasteiger partial charge on any atom is 0.323 e. The van der Waals surface area contributed by atoms with Gasteiger partial charge in [-0.25, -0.2) is 4.98 Å². The summed E-state index contributed by atoms with van der Waals surface area (Å²) in [6.45, 7) is 13.6. The van der Waals surface area contributed by atoms with Crippen LogP contribution in [0.15, 0.2) is 12.5 Å². The minimum Gasteiger partial charge on any atom is -0.461 e. The number of H-pyrrole nitrogens is 1. The molecular formula is C38H67N5O3. The Hall–Kier alpha value is -1.48. The number of nitrogens with one attached hydrogen (secondary N) is 2. The summed E-state index contributed by atoms with van der Waals surface area (Å²) < 4.78 is 6.07. The van der Waals surface area contributed by atoms with Crippen molar-refractivity contribution in [3.8, 4) is 0 Å². The van der Waals surface area contributed by atoms with Crippen molar-refractivity contribution >= 4 is 5.97 Å². The van der Waals surface area contributed by atoms with Gasteiger partial charge < -0.3 is 31.6 Å². The van der Waals surface area contributed by atoms with E-state index in [9.17, 15) is 9.90 Å². The number of fused-ring (bicyclic) bond motifs is 5. The van der Waals surface area contributed by atoms with Crippen LogP contribution in [0.4, 0.5) is 0 Å². The Morgan fingerprint density at radius 2 is 1.89 bits per heavy atom. The molecule has 8 heteroatoms. The van der Waals surface area contributed by atoms with Gasteiger partial charge in [-0.3, -0.25) is 4.79 Å². The molecule has 0 bridgehead atoms. The van der Waals surface area contributed by atoms with E-state index < -0.39 is 11.6 Å². The molecule has 11 atom stereocenters. The van der Waals surface area contributed by atoms with Crippen LogP contribution in [0, 0.1) is 46.3 Å². The number of ether oxygens (including phenoxy) is 1. The number of esters is 1. The lowest BCUT2D eigenvalue weighted by Crippen LogP contribution is -2.71. The molecule has 0 radical (unpaired) electrons. The van der Waals surface area contributed by atoms with E-state index in [2.05, 4.69) is 49.9 Å². The van der Waals surface area contributed by atoms with Gasteiger partial charge in [-0.15, -0.1) is 0 Å². The molecule has 1 aromatic rings. The zero-order chi connectivity index (χ0) is 33.1. The first-order valence-electron chi connectivity index (χ1n) is 19.0. The number of hydrogen-bond acceptors (Lipinski definition) is 7. The fraction of sp³-hybridized carbons (Fsp3) is 0.895. The Morgan fingerprint density at radius 1 is 1.09 bits per heavy atom. The minimum atomic E-state index is -0.953. The summed E-state index contributed by atoms with van der Waals surface area (Å²) in [5, 5.41) is 16.8. The van der Waals surface area contributed by atoms with Crippen LogP contribution in [0.1, 0.15) is 130 Å². The highest BCUT2D eigenvalue weighted by Gasteiger charge is 2.67. The zero-order valence-corrected chi connectivity index (χ0v) is 29.7. The van der Waals surface area contributed by atoms with Crippen molar-refractivity contribution in [3.05, 3.63) is 18.2 Å². The van der Waals surface area contributed by atoms with Gasteiger partial charge in [0.1, 0.15) is 12.1 Å². The Labute approximate surface area is 279 Å². The molecule has 0 spiro atoms. The first-order chi connectivity index (χ1) is 21.9. The van der Waals surface area contributed by atoms with Crippen molar-refractivity contribution in [2.45, 2.75) is 155 Å². The predicted molar refractivity (Wildman–Crippen MR) is 185 cm³/mol. The zero-order valence-electron chi connectivity index (χ0n) is 29.7. The number of nitrogens with zero attached hydrogens (tertiary/aromatic N) is 1. The molecule has 262 valence electrons. The van der Waals surface area contributed by atoms with Crippen LogP contribution in [0.3, 0.4) is 0 Å². The SMILES string of the molecule is CC(C)CCC[C@@H](C)[C@H]1CC[C@H]2[C@@H]3C[C@@H](NCCc4cnc[nH]4)[C@@]4(O)C[C@@H](OC(=O)[C@@H](N)CCCCN)CC[C@]4(C)[C@H]3CC[C@]12C. The fourth-order valence-electron chi connectivity index (χ4n) is 11.3. The molecule has 0 aromatic carbocycles. The van der Waals surface area contributed by atoms with Crippen LogP contribution >= 0.6 is 0 Å². The van der Waals surface area contributed by atoms with Crippen LogP contribution in [0.2, 0.25) is 0 Å². The highest BCUT2D eigenvalue weighted by atomic mass is 16.5. The number of aromatic amines is 1. The van der Waals surface area contributed by atoms with Gasteiger partial charge in [0.15, 0.2) is 0 Å². The third kappa shape index (κ3) is 7.11. The molecule has 4 aliphatic rings. The molecule has 0 amide bonds. The maximum atomic E-state index is 13.0. The first kappa shape index (κ1) is 35.8. The van der Waals surface area contributed by atoms with Crippen LogP contribution in [-0.2, 0) is 16.0 Å². The Bertz CT molecular complexity index is 1110. The van der Waals surface area contributed by atoms with Gasteiger partial charge in [0.25, 0.3) is 0 Å². The molecule has 0 saturated heterocycles. The van der Waals surface area contributed by atoms with E-state index >= 15 is 0 Å². The van der Waals surface area contributed by atoms with E-state index in [0.717, 1.165) is 68.5 Å². The number of aliphatic hydroxyl groups is 1. The second-order valence-electron chi connectivity index (χ2n) is 17.0. The molecule has 8 nitrogen and oxygen atoms in total. The van der Waals surface area contributed by atoms with Crippen LogP contribution in [0.25, 0.3) is 0 Å². The van der Waals surface area contributed by atoms with Crippen LogP contribution < -0.4 is 16.8 Å². The van der Waals surface area contributed by atoms with Gasteiger partial charge in [0.05, 0.1) is 11.9 Å². The lowest BCUT2D eigenvalue weighted by Gasteiger charge is -2.66. The van der Waals surface area contributed by atoms with E-state index in [1.807, 2.05) is 6.20 Å². The lowest BCUT2D eigenvalue weighted by molar-refractivity contribution is -0.237. The van der Waals surface area contributed by atoms with E-state index in [-0.39, 0.29) is 23.5 Å². The largest absolute Gasteiger partial charge is 0.461 e. The van der Waals surface area contributed by atoms with E-state index in [0.29, 0.717) is 42.6 Å². The highest BCUT2D eigenvalue weighted by molar-refractivity contribution is 5.75. The van der Waals surface area contributed by atoms with Gasteiger partial charge in [0.2, 0.25) is 0 Å². The van der Waals surface area contributed by atoms with Crippen molar-refractivity contribution in [2.24, 2.45) is 57.8 Å². The molecule has 4 fully saturated rings. The summed E-state index contributed by atoms with van der Waals surface area (Å²) in [5.74, 6) is 3.84. The Balaban J connectivity index is 1.34. The van der Waals surface area contributed by atoms with Crippen molar-refractivity contribution in [1.82, 2.24) is 15.3 Å². The average Bonchev–Trinajstić information content (AvgIpc) is 3.65. The summed E-state index contributed by atoms with van der Waals surface area (Å²) in [6, 6.07) is -0.682. The standard InChI is InChI=1S/C38H67N5O3/c1-25(2)9-8-10-26(3)30-12-13-31-29-21-34(42-20-16-27-23-41-24-43-27)38(45)22-28(46-35(44)33(40)11-6-7-19-39)14-18-37(38,5)32(29)15-17-36(30,31)4/h23-26,28-34,42,45H,6-22,39-40H2,1-5H3,(H,41,43)/t26-,28+,29+,30-,31+,32+,33+,34-,36-,37-,38+/m1/s1. The van der Waals surface area contributed by atoms with Crippen molar-refractivity contribution in [3.63, 3.8) is 0 Å². The Morgan fingerprint density at radius 3 is 2.61 bits per heavy atom. The quantitative estimate of drug-likeness (QED) is 0.115. The summed E-state index contributed by atoms with van der Waals surface area (Å²) >= 11 is 0. The fourth-order valence-corrected chi connectivity index (χ4v) is 11.3. The number of aromatic nitrogens is 2. The molecule has 46 heavy (non-hydrogen) atoms. The molecule has 7 N–H and O–H groups in total. The van der Waals surface area contributed by atoms with Gasteiger partial charge in [-0.2, -0.15) is 0 Å². The number of imidazole rings is 1. The lowest BCUT2D eigenvalue weighted by atomic mass is 9.42. The third-order valence-electron chi connectivity index (χ3n) is 13.9. The second-order valence-corrected chi connectivity index (χ2v) is 17.0.